The number of aryl methyl sites for hydroxylation is 1. The number of nitro groups is 1. The Hall–Kier alpha value is -3.65. The number of rotatable bonds is 5. The highest BCUT2D eigenvalue weighted by atomic mass is 32.1. The van der Waals surface area contributed by atoms with Crippen LogP contribution in [0.2, 0.25) is 0 Å². The fourth-order valence-corrected chi connectivity index (χ4v) is 3.90. The first-order valence-corrected chi connectivity index (χ1v) is 9.56. The van der Waals surface area contributed by atoms with E-state index < -0.39 is 10.5 Å². The van der Waals surface area contributed by atoms with Gasteiger partial charge in [-0.15, -0.1) is 11.3 Å². The highest BCUT2D eigenvalue weighted by Gasteiger charge is 2.13. The Balaban J connectivity index is 1.54. The zero-order chi connectivity index (χ0) is 20.5. The minimum Gasteiger partial charge on any atom is -0.407 e. The van der Waals surface area contributed by atoms with Gasteiger partial charge in [0.2, 0.25) is 5.89 Å². The molecule has 0 fully saturated rings. The first kappa shape index (κ1) is 18.7. The Labute approximate surface area is 168 Å². The maximum atomic E-state index is 12.5. The molecule has 0 bridgehead atoms. The molecule has 2 aromatic carbocycles. The molecule has 7 nitrogen and oxygen atoms in total. The molecule has 0 saturated carbocycles. The Morgan fingerprint density at radius 2 is 1.72 bits per heavy atom. The van der Waals surface area contributed by atoms with Gasteiger partial charge >= 0.3 is 5.63 Å². The molecule has 0 unspecified atom stereocenters. The van der Waals surface area contributed by atoms with Crippen molar-refractivity contribution in [3.05, 3.63) is 103 Å². The van der Waals surface area contributed by atoms with E-state index in [0.717, 1.165) is 11.1 Å². The lowest BCUT2D eigenvalue weighted by atomic mass is 10.0. The van der Waals surface area contributed by atoms with Crippen molar-refractivity contribution in [2.45, 2.75) is 13.3 Å². The molecule has 29 heavy (non-hydrogen) atoms. The summed E-state index contributed by atoms with van der Waals surface area (Å²) in [6, 6.07) is 12.4. The molecule has 0 N–H and O–H groups in total. The third-order valence-corrected chi connectivity index (χ3v) is 5.50. The lowest BCUT2D eigenvalue weighted by Gasteiger charge is -2.04. The fraction of sp³-hybridized carbons (Fsp3) is 0.0952. The van der Waals surface area contributed by atoms with Crippen LogP contribution in [0.3, 0.4) is 0 Å². The van der Waals surface area contributed by atoms with Crippen molar-refractivity contribution in [2.75, 3.05) is 0 Å². The summed E-state index contributed by atoms with van der Waals surface area (Å²) in [7, 11) is 0. The molecule has 0 radical (unpaired) electrons. The van der Waals surface area contributed by atoms with E-state index in [4.69, 9.17) is 4.42 Å². The summed E-state index contributed by atoms with van der Waals surface area (Å²) in [6.07, 6.45) is 0.328. The van der Waals surface area contributed by atoms with E-state index >= 15 is 0 Å². The quantitative estimate of drug-likeness (QED) is 0.278. The van der Waals surface area contributed by atoms with Crippen molar-refractivity contribution in [1.82, 2.24) is 4.98 Å². The number of aromatic nitrogens is 1. The van der Waals surface area contributed by atoms with Gasteiger partial charge in [-0.1, -0.05) is 24.3 Å². The Kier molecular flexibility index (Phi) is 4.77. The lowest BCUT2D eigenvalue weighted by molar-refractivity contribution is -0.384. The van der Waals surface area contributed by atoms with Gasteiger partial charge < -0.3 is 4.42 Å². The van der Waals surface area contributed by atoms with E-state index in [9.17, 15) is 19.7 Å². The molecule has 0 spiro atoms. The van der Waals surface area contributed by atoms with E-state index in [-0.39, 0.29) is 11.5 Å². The molecule has 0 amide bonds. The molecule has 8 heteroatoms. The monoisotopic (exact) mass is 406 g/mol. The number of non-ortho nitro benzene ring substituents is 1. The molecular weight excluding hydrogens is 392 g/mol. The number of carbonyl (C=O) groups excluding carboxylic acids is 1. The Bertz CT molecular complexity index is 1290. The summed E-state index contributed by atoms with van der Waals surface area (Å²) in [6.45, 7) is 1.85. The summed E-state index contributed by atoms with van der Waals surface area (Å²) >= 11 is 1.40. The smallest absolute Gasteiger partial charge is 0.348 e. The van der Waals surface area contributed by atoms with Gasteiger partial charge in [-0.2, -0.15) is 0 Å². The van der Waals surface area contributed by atoms with Crippen molar-refractivity contribution in [3.8, 4) is 0 Å². The molecule has 0 saturated heterocycles. The predicted octanol–water partition coefficient (Wildman–Crippen LogP) is 4.29. The summed E-state index contributed by atoms with van der Waals surface area (Å²) < 4.78 is 5.33. The molecule has 4 aromatic rings. The molecular formula is C21H14N2O5S. The molecule has 0 aliphatic heterocycles. The van der Waals surface area contributed by atoms with E-state index in [1.165, 1.54) is 35.6 Å². The number of thiophene rings is 1. The number of hydrogen-bond donors (Lipinski definition) is 0. The van der Waals surface area contributed by atoms with Crippen LogP contribution in [0.15, 0.2) is 63.1 Å². The van der Waals surface area contributed by atoms with Gasteiger partial charge in [-0.3, -0.25) is 14.9 Å². The minimum atomic E-state index is -0.510. The molecule has 2 aromatic heterocycles. The van der Waals surface area contributed by atoms with Gasteiger partial charge in [0.1, 0.15) is 4.83 Å². The molecule has 144 valence electrons. The van der Waals surface area contributed by atoms with E-state index in [2.05, 4.69) is 4.98 Å². The summed E-state index contributed by atoms with van der Waals surface area (Å²) in [4.78, 5) is 40.0. The molecule has 0 atom stereocenters. The second kappa shape index (κ2) is 7.40. The number of benzene rings is 2. The van der Waals surface area contributed by atoms with Gasteiger partial charge in [-0.25, -0.2) is 9.78 Å². The van der Waals surface area contributed by atoms with E-state index in [0.29, 0.717) is 33.7 Å². The zero-order valence-electron chi connectivity index (χ0n) is 15.2. The SMILES string of the molecule is Cc1csc2nc(Cc3ccc(C(=O)c4ccc([N+](=O)[O-])cc4)cc3)oc(=O)c12. The zero-order valence-corrected chi connectivity index (χ0v) is 16.1. The number of hydrogen-bond acceptors (Lipinski definition) is 7. The number of nitro benzene ring substituents is 1. The van der Waals surface area contributed by atoms with Crippen molar-refractivity contribution in [2.24, 2.45) is 0 Å². The summed E-state index contributed by atoms with van der Waals surface area (Å²) in [5.41, 5.74) is 2.06. The molecule has 0 aliphatic rings. The van der Waals surface area contributed by atoms with Gasteiger partial charge in [-0.05, 0) is 35.6 Å². The van der Waals surface area contributed by atoms with E-state index in [1.807, 2.05) is 12.3 Å². The standard InChI is InChI=1S/C21H14N2O5S/c1-12-11-29-20-18(12)21(25)28-17(22-20)10-13-2-4-14(5-3-13)19(24)15-6-8-16(9-7-15)23(26)27/h2-9,11H,10H2,1H3. The number of carbonyl (C=O) groups is 1. The predicted molar refractivity (Wildman–Crippen MR) is 109 cm³/mol. The largest absolute Gasteiger partial charge is 0.407 e. The van der Waals surface area contributed by atoms with Gasteiger partial charge in [0.15, 0.2) is 5.78 Å². The maximum absolute atomic E-state index is 12.5. The normalized spacial score (nSPS) is 10.9. The van der Waals surface area contributed by atoms with E-state index in [1.54, 1.807) is 24.3 Å². The van der Waals surface area contributed by atoms with Gasteiger partial charge in [0, 0.05) is 29.7 Å². The van der Waals surface area contributed by atoms with Crippen LogP contribution in [0.5, 0.6) is 0 Å². The lowest BCUT2D eigenvalue weighted by Crippen LogP contribution is -2.05. The van der Waals surface area contributed by atoms with Crippen LogP contribution in [0, 0.1) is 17.0 Å². The third-order valence-electron chi connectivity index (χ3n) is 4.51. The van der Waals surface area contributed by atoms with Crippen LogP contribution in [0.25, 0.3) is 10.2 Å². The molecule has 0 aliphatic carbocycles. The van der Waals surface area contributed by atoms with Crippen LogP contribution >= 0.6 is 11.3 Å². The average molecular weight is 406 g/mol. The van der Waals surface area contributed by atoms with Gasteiger partial charge in [0.05, 0.1) is 10.3 Å². The molecule has 4 rings (SSSR count). The first-order valence-electron chi connectivity index (χ1n) is 8.68. The topological polar surface area (TPSA) is 103 Å². The van der Waals surface area contributed by atoms with Crippen molar-refractivity contribution < 1.29 is 14.1 Å². The van der Waals surface area contributed by atoms with Crippen molar-refractivity contribution >= 4 is 33.0 Å². The van der Waals surface area contributed by atoms with Crippen LogP contribution in [-0.2, 0) is 6.42 Å². The molecule has 2 heterocycles. The minimum absolute atomic E-state index is 0.0659. The van der Waals surface area contributed by atoms with Crippen LogP contribution < -0.4 is 5.63 Å². The van der Waals surface area contributed by atoms with Crippen molar-refractivity contribution in [3.63, 3.8) is 0 Å². The number of nitrogens with zero attached hydrogens (tertiary/aromatic N) is 2. The second-order valence-corrected chi connectivity index (χ2v) is 7.36. The highest BCUT2D eigenvalue weighted by molar-refractivity contribution is 7.16. The second-order valence-electron chi connectivity index (χ2n) is 6.50. The summed E-state index contributed by atoms with van der Waals surface area (Å²) in [5, 5.41) is 13.1. The van der Waals surface area contributed by atoms with Crippen LogP contribution in [0.4, 0.5) is 5.69 Å². The highest BCUT2D eigenvalue weighted by Crippen LogP contribution is 2.21. The first-order chi connectivity index (χ1) is 13.9. The average Bonchev–Trinajstić information content (AvgIpc) is 3.09. The Morgan fingerprint density at radius 3 is 2.34 bits per heavy atom. The number of fused-ring (bicyclic) bond motifs is 1. The summed E-state index contributed by atoms with van der Waals surface area (Å²) in [5.74, 6) is 0.0883. The Morgan fingerprint density at radius 1 is 1.10 bits per heavy atom. The third kappa shape index (κ3) is 3.70. The van der Waals surface area contributed by atoms with Crippen LogP contribution in [0.1, 0.15) is 32.9 Å². The maximum Gasteiger partial charge on any atom is 0.348 e. The van der Waals surface area contributed by atoms with Crippen LogP contribution in [-0.4, -0.2) is 15.7 Å². The number of ketones is 1. The van der Waals surface area contributed by atoms with Gasteiger partial charge in [0.25, 0.3) is 5.69 Å². The fourth-order valence-electron chi connectivity index (χ4n) is 2.98. The van der Waals surface area contributed by atoms with Crippen molar-refractivity contribution in [1.29, 1.82) is 0 Å².